The maximum Gasteiger partial charge on any atom is 0.258 e. The van der Waals surface area contributed by atoms with Crippen LogP contribution in [0, 0.1) is 6.92 Å². The van der Waals surface area contributed by atoms with Gasteiger partial charge in [0.05, 0.1) is 6.10 Å². The number of rotatable bonds is 5. The Morgan fingerprint density at radius 2 is 2.06 bits per heavy atom. The van der Waals surface area contributed by atoms with E-state index in [0.29, 0.717) is 23.8 Å². The molecule has 2 atom stereocenters. The van der Waals surface area contributed by atoms with Crippen molar-refractivity contribution in [3.8, 4) is 28.6 Å². The van der Waals surface area contributed by atoms with Crippen molar-refractivity contribution >= 4 is 0 Å². The Labute approximate surface area is 183 Å². The van der Waals surface area contributed by atoms with Gasteiger partial charge in [-0.2, -0.15) is 4.98 Å². The van der Waals surface area contributed by atoms with Gasteiger partial charge in [0, 0.05) is 36.3 Å². The van der Waals surface area contributed by atoms with Gasteiger partial charge >= 0.3 is 0 Å². The lowest BCUT2D eigenvalue weighted by Crippen LogP contribution is -2.29. The Kier molecular flexibility index (Phi) is 5.28. The van der Waals surface area contributed by atoms with Gasteiger partial charge in [-0.1, -0.05) is 23.4 Å². The van der Waals surface area contributed by atoms with Crippen molar-refractivity contribution < 1.29 is 9.26 Å². The second-order valence-corrected chi connectivity index (χ2v) is 9.04. The molecule has 6 nitrogen and oxygen atoms in total. The zero-order valence-electron chi connectivity index (χ0n) is 18.5. The molecule has 1 aliphatic heterocycles. The molecule has 162 valence electrons. The Morgan fingerprint density at radius 3 is 2.81 bits per heavy atom. The summed E-state index contributed by atoms with van der Waals surface area (Å²) in [4.78, 5) is 7.28. The highest BCUT2D eigenvalue weighted by molar-refractivity contribution is 5.66. The van der Waals surface area contributed by atoms with E-state index in [1.165, 1.54) is 11.1 Å². The molecule has 0 spiro atoms. The summed E-state index contributed by atoms with van der Waals surface area (Å²) in [5.74, 6) is 2.07. The van der Waals surface area contributed by atoms with Crippen LogP contribution in [0.15, 0.2) is 40.9 Å². The third-order valence-corrected chi connectivity index (χ3v) is 6.39. The first-order chi connectivity index (χ1) is 15.0. The van der Waals surface area contributed by atoms with Gasteiger partial charge in [-0.25, -0.2) is 0 Å². The summed E-state index contributed by atoms with van der Waals surface area (Å²) in [5, 5.41) is 4.32. The maximum absolute atomic E-state index is 6.15. The molecule has 1 fully saturated rings. The Hall–Kier alpha value is -2.70. The number of nitrogens with two attached hydrogens (primary N) is 1. The zero-order valence-corrected chi connectivity index (χ0v) is 18.5. The molecular weight excluding hydrogens is 388 g/mol. The van der Waals surface area contributed by atoms with Gasteiger partial charge < -0.3 is 15.0 Å². The lowest BCUT2D eigenvalue weighted by molar-refractivity contribution is 0.241. The zero-order chi connectivity index (χ0) is 21.5. The number of fused-ring (bicyclic) bond motifs is 1. The van der Waals surface area contributed by atoms with Gasteiger partial charge in [0.2, 0.25) is 5.82 Å². The van der Waals surface area contributed by atoms with E-state index in [1.54, 1.807) is 0 Å². The Bertz CT molecular complexity index is 1090. The molecule has 6 heteroatoms. The molecule has 1 saturated heterocycles. The van der Waals surface area contributed by atoms with E-state index in [1.807, 2.05) is 39.0 Å². The predicted molar refractivity (Wildman–Crippen MR) is 121 cm³/mol. The lowest BCUT2D eigenvalue weighted by Gasteiger charge is -2.24. The van der Waals surface area contributed by atoms with E-state index in [0.717, 1.165) is 54.8 Å². The third-order valence-electron chi connectivity index (χ3n) is 6.39. The minimum Gasteiger partial charge on any atom is -0.491 e. The van der Waals surface area contributed by atoms with Crippen molar-refractivity contribution in [1.29, 1.82) is 0 Å². The molecular formula is C25H30N4O2. The fourth-order valence-electron chi connectivity index (χ4n) is 4.94. The molecule has 0 bridgehead atoms. The fraction of sp³-hybridized carbons (Fsp3) is 0.440. The number of ether oxygens (including phenoxy) is 1. The van der Waals surface area contributed by atoms with Crippen LogP contribution in [0.3, 0.4) is 0 Å². The van der Waals surface area contributed by atoms with Crippen molar-refractivity contribution in [1.82, 2.24) is 15.0 Å². The number of benzene rings is 2. The Balaban J connectivity index is 1.42. The molecule has 0 amide bonds. The van der Waals surface area contributed by atoms with E-state index in [9.17, 15) is 0 Å². The predicted octanol–water partition coefficient (Wildman–Crippen LogP) is 4.52. The van der Waals surface area contributed by atoms with Gasteiger partial charge in [0.1, 0.15) is 5.75 Å². The van der Waals surface area contributed by atoms with Crippen LogP contribution in [0.1, 0.15) is 49.4 Å². The molecule has 2 aromatic carbocycles. The molecule has 2 aliphatic rings. The molecule has 1 unspecified atom stereocenters. The van der Waals surface area contributed by atoms with Crippen LogP contribution in [-0.4, -0.2) is 40.3 Å². The molecule has 0 saturated carbocycles. The van der Waals surface area contributed by atoms with E-state index in [-0.39, 0.29) is 6.10 Å². The van der Waals surface area contributed by atoms with Crippen molar-refractivity contribution in [2.45, 2.75) is 58.2 Å². The fourth-order valence-corrected chi connectivity index (χ4v) is 4.94. The van der Waals surface area contributed by atoms with E-state index < -0.39 is 0 Å². The number of likely N-dealkylation sites (tertiary alicyclic amines) is 1. The van der Waals surface area contributed by atoms with Crippen LogP contribution in [0.5, 0.6) is 5.75 Å². The number of aromatic nitrogens is 2. The number of nitrogens with zero attached hydrogens (tertiary/aromatic N) is 3. The van der Waals surface area contributed by atoms with Gasteiger partial charge in [-0.15, -0.1) is 0 Å². The topological polar surface area (TPSA) is 77.4 Å². The van der Waals surface area contributed by atoms with Crippen LogP contribution >= 0.6 is 0 Å². The van der Waals surface area contributed by atoms with E-state index in [2.05, 4.69) is 28.3 Å². The summed E-state index contributed by atoms with van der Waals surface area (Å²) in [5.41, 5.74) is 11.9. The van der Waals surface area contributed by atoms with Crippen LogP contribution in [0.25, 0.3) is 22.8 Å². The van der Waals surface area contributed by atoms with Crippen LogP contribution in [0.2, 0.25) is 0 Å². The van der Waals surface area contributed by atoms with E-state index in [4.69, 9.17) is 20.0 Å². The molecule has 2 N–H and O–H groups in total. The van der Waals surface area contributed by atoms with Crippen LogP contribution < -0.4 is 10.5 Å². The maximum atomic E-state index is 6.15. The third kappa shape index (κ3) is 3.86. The monoisotopic (exact) mass is 418 g/mol. The van der Waals surface area contributed by atoms with Crippen LogP contribution in [-0.2, 0) is 6.42 Å². The summed E-state index contributed by atoms with van der Waals surface area (Å²) in [6.45, 7) is 8.15. The normalized spacial score (nSPS) is 21.1. The van der Waals surface area contributed by atoms with Gasteiger partial charge in [-0.05, 0) is 74.9 Å². The largest absolute Gasteiger partial charge is 0.491 e. The molecule has 1 aliphatic carbocycles. The SMILES string of the molecule is Cc1cc(-c2nc(-c3cccc4c3CCC4N3CC[C@@H](N)C3)no2)ccc1OC(C)C. The smallest absolute Gasteiger partial charge is 0.258 e. The lowest BCUT2D eigenvalue weighted by atomic mass is 10.0. The molecule has 1 aromatic heterocycles. The molecule has 0 radical (unpaired) electrons. The van der Waals surface area contributed by atoms with Crippen molar-refractivity contribution in [3.63, 3.8) is 0 Å². The molecule has 3 aromatic rings. The Morgan fingerprint density at radius 1 is 1.19 bits per heavy atom. The van der Waals surface area contributed by atoms with Gasteiger partial charge in [-0.3, -0.25) is 4.90 Å². The average molecular weight is 419 g/mol. The number of aryl methyl sites for hydroxylation is 1. The summed E-state index contributed by atoms with van der Waals surface area (Å²) in [7, 11) is 0. The van der Waals surface area contributed by atoms with Gasteiger partial charge in [0.15, 0.2) is 0 Å². The first-order valence-electron chi connectivity index (χ1n) is 11.2. The number of hydrogen-bond acceptors (Lipinski definition) is 6. The molecule has 5 rings (SSSR count). The average Bonchev–Trinajstić information content (AvgIpc) is 3.48. The van der Waals surface area contributed by atoms with Crippen molar-refractivity contribution in [2.75, 3.05) is 13.1 Å². The summed E-state index contributed by atoms with van der Waals surface area (Å²) in [6.07, 6.45) is 3.38. The number of hydrogen-bond donors (Lipinski definition) is 1. The van der Waals surface area contributed by atoms with Crippen molar-refractivity contribution in [3.05, 3.63) is 53.1 Å². The molecule has 31 heavy (non-hydrogen) atoms. The minimum atomic E-state index is 0.139. The first kappa shape index (κ1) is 20.2. The highest BCUT2D eigenvalue weighted by Crippen LogP contribution is 2.41. The second-order valence-electron chi connectivity index (χ2n) is 9.04. The van der Waals surface area contributed by atoms with Gasteiger partial charge in [0.25, 0.3) is 5.89 Å². The summed E-state index contributed by atoms with van der Waals surface area (Å²) >= 11 is 0. The summed E-state index contributed by atoms with van der Waals surface area (Å²) < 4.78 is 11.5. The van der Waals surface area contributed by atoms with Crippen molar-refractivity contribution in [2.24, 2.45) is 5.73 Å². The standard InChI is InChI=1S/C25H30N4O2/c1-15(2)30-23-10-7-17(13-16(23)3)25-27-24(28-31-25)21-6-4-5-20-19(21)8-9-22(20)29-12-11-18(26)14-29/h4-7,10,13,15,18,22H,8-9,11-12,14,26H2,1-3H3/t18-,22?/m1/s1. The molecule has 2 heterocycles. The van der Waals surface area contributed by atoms with E-state index >= 15 is 0 Å². The quantitative estimate of drug-likeness (QED) is 0.656. The van der Waals surface area contributed by atoms with Crippen LogP contribution in [0.4, 0.5) is 0 Å². The first-order valence-corrected chi connectivity index (χ1v) is 11.2. The highest BCUT2D eigenvalue weighted by atomic mass is 16.5. The summed E-state index contributed by atoms with van der Waals surface area (Å²) in [6, 6.07) is 13.2. The minimum absolute atomic E-state index is 0.139. The highest BCUT2D eigenvalue weighted by Gasteiger charge is 2.33. The second kappa shape index (κ2) is 8.09.